The van der Waals surface area contributed by atoms with Crippen LogP contribution in [0.3, 0.4) is 0 Å². The Kier molecular flexibility index (Phi) is 27.9. The zero-order chi connectivity index (χ0) is 70.4. The molecule has 13 atom stereocenters. The molecule has 103 heavy (non-hydrogen) atoms. The summed E-state index contributed by atoms with van der Waals surface area (Å²) >= 11 is 10.9. The number of ether oxygens (including phenoxy) is 5. The molecule has 0 amide bonds. The molecule has 33 heteroatoms. The van der Waals surface area contributed by atoms with Gasteiger partial charge in [0.1, 0.15) is 85.1 Å². The number of aliphatic hydroxyl groups is 3. The second-order valence-electron chi connectivity index (χ2n) is 29.1. The number of esters is 2. The summed E-state index contributed by atoms with van der Waals surface area (Å²) in [5.41, 5.74) is -6.41. The number of carboxylic acids is 2. The Labute approximate surface area is 701 Å². The van der Waals surface area contributed by atoms with E-state index in [4.69, 9.17) is 32.6 Å². The average molecular weight is 1740 g/mol. The van der Waals surface area contributed by atoms with Crippen molar-refractivity contribution >= 4 is 132 Å². The molecule has 9 aliphatic rings. The first-order valence-corrected chi connectivity index (χ1v) is 43.8. The molecule has 8 aromatic heterocycles. The summed E-state index contributed by atoms with van der Waals surface area (Å²) in [4.78, 5) is 54.5. The fourth-order valence-electron chi connectivity index (χ4n) is 16.2. The number of epoxide rings is 3. The maximum Gasteiger partial charge on any atom is 1.00 e. The van der Waals surface area contributed by atoms with Gasteiger partial charge in [-0.3, -0.25) is 0 Å². The number of aliphatic carboxylic acids is 2. The maximum absolute atomic E-state index is 13.5. The number of morpholine rings is 3. The normalized spacial score (nSPS) is 28.4. The number of halogens is 2. The first kappa shape index (κ1) is 85.6. The van der Waals surface area contributed by atoms with Crippen LogP contribution in [-0.4, -0.2) is 194 Å². The molecule has 17 rings (SSSR count). The van der Waals surface area contributed by atoms with Crippen LogP contribution in [-0.2, 0) is 74.2 Å². The Morgan fingerprint density at radius 2 is 0.689 bits per heavy atom. The smallest absolute Gasteiger partial charge is 1.00 e. The van der Waals surface area contributed by atoms with E-state index in [1.165, 1.54) is 90.7 Å². The van der Waals surface area contributed by atoms with E-state index in [0.29, 0.717) is 102 Å². The number of thiophene rings is 8. The number of carbonyl (C=O) groups excluding carboxylic acids is 4. The zero-order valence-electron chi connectivity index (χ0n) is 58.8. The number of rotatable bonds is 17. The number of quaternary nitrogens is 3. The van der Waals surface area contributed by atoms with Crippen LogP contribution in [0.1, 0.15) is 77.5 Å². The monoisotopic (exact) mass is 1740 g/mol. The van der Waals surface area contributed by atoms with Gasteiger partial charge in [-0.05, 0) is 111 Å². The van der Waals surface area contributed by atoms with Crippen molar-refractivity contribution in [3.05, 3.63) is 179 Å². The third-order valence-corrected chi connectivity index (χ3v) is 30.5. The summed E-state index contributed by atoms with van der Waals surface area (Å²) < 4.78 is 44.1. The molecule has 0 radical (unpaired) electrons. The summed E-state index contributed by atoms with van der Waals surface area (Å²) in [5, 5.41) is 68.9. The number of carbonyl (C=O) groups is 4. The first-order valence-electron chi connectivity index (χ1n) is 32.9. The second-order valence-corrected chi connectivity index (χ2v) is 41.4. The van der Waals surface area contributed by atoms with Crippen molar-refractivity contribution in [1.82, 2.24) is 0 Å². The van der Waals surface area contributed by atoms with Crippen LogP contribution in [0.25, 0.3) is 0 Å². The molecule has 0 aromatic carbocycles. The number of aliphatic hydroxyl groups excluding tert-OH is 1. The maximum atomic E-state index is 13.5. The van der Waals surface area contributed by atoms with Gasteiger partial charge in [-0.1, -0.05) is 48.5 Å². The van der Waals surface area contributed by atoms with E-state index in [0.717, 1.165) is 61.7 Å². The molecule has 546 valence electrons. The van der Waals surface area contributed by atoms with E-state index in [1.54, 1.807) is 59.3 Å². The van der Waals surface area contributed by atoms with Gasteiger partial charge in [-0.15, -0.1) is 90.7 Å². The van der Waals surface area contributed by atoms with E-state index >= 15 is 0 Å². The van der Waals surface area contributed by atoms with E-state index < -0.39 is 48.6 Å². The van der Waals surface area contributed by atoms with Gasteiger partial charge in [0.25, 0.3) is 0 Å². The third kappa shape index (κ3) is 16.2. The molecule has 8 aromatic rings. The Hall–Kier alpha value is -1.35. The Morgan fingerprint density at radius 3 is 0.932 bits per heavy atom. The summed E-state index contributed by atoms with van der Waals surface area (Å²) in [6.07, 6.45) is 7.08. The minimum absolute atomic E-state index is 0. The van der Waals surface area contributed by atoms with Gasteiger partial charge in [-0.25, -0.2) is 9.59 Å². The zero-order valence-corrected chi connectivity index (χ0v) is 74.7. The third-order valence-electron chi connectivity index (χ3n) is 21.5. The number of fused-ring (bicyclic) bond motifs is 15. The SMILES string of the molecule is C[N+]1(C)C2CC(O)CC1C1OC12.C[N+]1(C)C2CC(OC(=O)C(O)(c3cccs3)c3cccs3)CC1C1OC12.C[N+]1(C)C2CC(OC(=O)C(OP)(c3cccs3)c3cccs3)CC1C1OC12.C[Si](C)(C)OC(C(=O)[O-])(c1cccs1)c1cccs1.O=C([O-])C(O)(c1cccs1)c1cccs1.[Br-].[Br-].[Na+].[Na+]. The van der Waals surface area contributed by atoms with E-state index in [2.05, 4.69) is 51.8 Å². The molecule has 6 bridgehead atoms. The van der Waals surface area contributed by atoms with Gasteiger partial charge in [0.2, 0.25) is 11.2 Å². The van der Waals surface area contributed by atoms with Crippen molar-refractivity contribution < 1.29 is 184 Å². The minimum Gasteiger partial charge on any atom is -1.00 e. The van der Waals surface area contributed by atoms with Crippen molar-refractivity contribution in [3.63, 3.8) is 0 Å². The van der Waals surface area contributed by atoms with Gasteiger partial charge in [0.05, 0.1) is 79.8 Å². The molecule has 9 saturated heterocycles. The number of carboxylic acid groups (broad SMARTS) is 2. The van der Waals surface area contributed by atoms with Gasteiger partial charge >= 0.3 is 71.1 Å². The van der Waals surface area contributed by atoms with Gasteiger partial charge < -0.3 is 115 Å². The average Bonchev–Trinajstić information content (AvgIpc) is 1.55. The molecule has 13 unspecified atom stereocenters. The predicted molar refractivity (Wildman–Crippen MR) is 386 cm³/mol. The Morgan fingerprint density at radius 1 is 0.437 bits per heavy atom. The van der Waals surface area contributed by atoms with Gasteiger partial charge in [0.15, 0.2) is 19.5 Å². The first-order chi connectivity index (χ1) is 47.0. The molecule has 0 saturated carbocycles. The fraction of sp³-hybridized carbons (Fsp3) is 0.486. The topological polar surface area (TPSA) is 250 Å². The standard InChI is InChI=1S/C19H23NO4PS2.C19H22NO4S2.C13H16O3S2Si.C10H8O3S2.C9H16NO2.2BrH.2Na/c1-20(2)12-9-11(10-13(20)17-16(12)23-17)22-18(21)19(24-25,14-5-3-7-26-14)15-6-4-8-27-15;1-20(2)12-9-11(10-13(20)17-16(12)24-17)23-18(21)19(22,14-5-3-7-25-14)15-6-4-8-26-15;1-19(2,3)16-13(12(14)15,10-6-4-8-17-10)11-7-5-9-18-11;11-9(12)10(13,7-3-1-5-14-7)8-4-2-6-15-8;1-10(2)6-3-5(11)4-7(10)9-8(6)12-9;;;;/h3-8,11-13,16-17H,9-10,25H2,1-2H3;3-8,11-13,16-17,22H,9-10H2,1-2H3;4-9H,1-3H3,(H,14,15);1-6,13H,(H,11,12);5-9,11H,3-4H2,1-2H3;2*1H;;/q2*+1;;;+1;;;2*+1/p-4. The van der Waals surface area contributed by atoms with Crippen molar-refractivity contribution in [2.24, 2.45) is 0 Å². The number of nitrogens with zero attached hydrogens (tertiary/aromatic N) is 3. The van der Waals surface area contributed by atoms with Crippen molar-refractivity contribution in [3.8, 4) is 0 Å². The number of likely N-dealkylation sites (N-methyl/N-ethyl adjacent to an activating group) is 3. The molecular weight excluding hydrogens is 1660 g/mol. The van der Waals surface area contributed by atoms with E-state index in [1.807, 2.05) is 100 Å². The Bertz CT molecular complexity index is 3870. The molecule has 3 N–H and O–H groups in total. The molecular formula is C70H83Br2N3Na2O16PS8Si+. The van der Waals surface area contributed by atoms with Crippen molar-refractivity contribution in [2.75, 3.05) is 42.3 Å². The van der Waals surface area contributed by atoms with Crippen LogP contribution in [0.2, 0.25) is 19.6 Å². The molecule has 19 nitrogen and oxygen atoms in total. The number of hydrogen-bond acceptors (Lipinski definition) is 24. The number of hydrogen-bond donors (Lipinski definition) is 3. The summed E-state index contributed by atoms with van der Waals surface area (Å²) in [6, 6.07) is 31.5. The van der Waals surface area contributed by atoms with E-state index in [9.17, 15) is 44.7 Å². The van der Waals surface area contributed by atoms with Crippen LogP contribution in [0.5, 0.6) is 0 Å². The summed E-state index contributed by atoms with van der Waals surface area (Å²) in [6.45, 7) is 5.93. The van der Waals surface area contributed by atoms with Crippen LogP contribution < -0.4 is 103 Å². The van der Waals surface area contributed by atoms with Crippen LogP contribution in [0, 0.1) is 0 Å². The fourth-order valence-corrected chi connectivity index (χ4v) is 25.1. The Balaban J connectivity index is 0.000000152. The van der Waals surface area contributed by atoms with Crippen LogP contribution in [0.4, 0.5) is 0 Å². The second kappa shape index (κ2) is 33.5. The molecule has 9 fully saturated rings. The quantitative estimate of drug-likeness (QED) is 0.0266. The predicted octanol–water partition coefficient (Wildman–Crippen LogP) is -3.29. The molecule has 0 aliphatic carbocycles. The van der Waals surface area contributed by atoms with Gasteiger partial charge in [-0.2, -0.15) is 0 Å². The van der Waals surface area contributed by atoms with Crippen molar-refractivity contribution in [1.29, 1.82) is 0 Å². The molecule has 17 heterocycles. The minimum atomic E-state index is -2.08. The number of piperidine rings is 3. The van der Waals surface area contributed by atoms with Crippen LogP contribution in [0.15, 0.2) is 140 Å². The van der Waals surface area contributed by atoms with E-state index in [-0.39, 0.29) is 117 Å². The summed E-state index contributed by atoms with van der Waals surface area (Å²) in [5.74, 6) is -3.57. The van der Waals surface area contributed by atoms with Gasteiger partial charge in [0, 0.05) is 67.5 Å². The molecule has 9 aliphatic heterocycles. The van der Waals surface area contributed by atoms with Crippen LogP contribution >= 0.6 is 100 Å². The molecule has 0 spiro atoms. The summed E-state index contributed by atoms with van der Waals surface area (Å²) in [7, 11) is 13.8. The largest absolute Gasteiger partial charge is 1.00 e. The van der Waals surface area contributed by atoms with Crippen molar-refractivity contribution in [2.45, 2.75) is 172 Å².